The number of imidazole rings is 1. The Balaban J connectivity index is 1.37. The van der Waals surface area contributed by atoms with Crippen molar-refractivity contribution in [1.82, 2.24) is 24.1 Å². The van der Waals surface area contributed by atoms with Crippen LogP contribution in [0.5, 0.6) is 0 Å². The molecule has 0 radical (unpaired) electrons. The van der Waals surface area contributed by atoms with Crippen LogP contribution in [-0.4, -0.2) is 24.1 Å². The van der Waals surface area contributed by atoms with Crippen molar-refractivity contribution in [1.29, 1.82) is 0 Å². The first kappa shape index (κ1) is 18.5. The van der Waals surface area contributed by atoms with E-state index in [1.54, 1.807) is 17.7 Å². The fraction of sp³-hybridized carbons (Fsp3) is 0.125. The van der Waals surface area contributed by atoms with Crippen molar-refractivity contribution >= 4 is 11.3 Å². The highest BCUT2D eigenvalue weighted by atomic mass is 32.1. The molecule has 0 saturated heterocycles. The lowest BCUT2D eigenvalue weighted by molar-refractivity contribution is 0.993. The zero-order valence-corrected chi connectivity index (χ0v) is 17.7. The van der Waals surface area contributed by atoms with Crippen LogP contribution >= 0.6 is 11.3 Å². The SMILES string of the molecule is Cc1cn(-c2ccc(-c3csc(Cc4cc(-n5cccc5)ccc4C)n3)cn2)cn1. The first-order chi connectivity index (χ1) is 14.7. The Kier molecular flexibility index (Phi) is 4.77. The maximum Gasteiger partial charge on any atom is 0.137 e. The second-order valence-electron chi connectivity index (χ2n) is 7.33. The van der Waals surface area contributed by atoms with Gasteiger partial charge < -0.3 is 4.57 Å². The van der Waals surface area contributed by atoms with E-state index >= 15 is 0 Å². The van der Waals surface area contributed by atoms with Gasteiger partial charge in [-0.3, -0.25) is 4.57 Å². The van der Waals surface area contributed by atoms with Crippen LogP contribution < -0.4 is 0 Å². The molecule has 0 aliphatic rings. The molecule has 5 nitrogen and oxygen atoms in total. The molecule has 0 amide bonds. The minimum absolute atomic E-state index is 0.825. The number of rotatable bonds is 5. The van der Waals surface area contributed by atoms with E-state index in [1.807, 2.05) is 42.1 Å². The fourth-order valence-corrected chi connectivity index (χ4v) is 4.27. The Labute approximate surface area is 179 Å². The molecule has 0 atom stereocenters. The summed E-state index contributed by atoms with van der Waals surface area (Å²) >= 11 is 1.69. The smallest absolute Gasteiger partial charge is 0.137 e. The lowest BCUT2D eigenvalue weighted by Crippen LogP contribution is -1.96. The van der Waals surface area contributed by atoms with Crippen LogP contribution in [0.2, 0.25) is 0 Å². The molecular weight excluding hydrogens is 390 g/mol. The second-order valence-corrected chi connectivity index (χ2v) is 8.27. The maximum absolute atomic E-state index is 4.87. The van der Waals surface area contributed by atoms with E-state index in [0.29, 0.717) is 0 Å². The highest BCUT2D eigenvalue weighted by Crippen LogP contribution is 2.25. The van der Waals surface area contributed by atoms with E-state index in [2.05, 4.69) is 63.5 Å². The molecule has 0 spiro atoms. The minimum atomic E-state index is 0.825. The van der Waals surface area contributed by atoms with Crippen molar-refractivity contribution in [2.75, 3.05) is 0 Å². The van der Waals surface area contributed by atoms with Crippen molar-refractivity contribution in [3.8, 4) is 22.8 Å². The van der Waals surface area contributed by atoms with Gasteiger partial charge in [0.1, 0.15) is 12.1 Å². The summed E-state index contributed by atoms with van der Waals surface area (Å²) in [5.74, 6) is 0.854. The van der Waals surface area contributed by atoms with Gasteiger partial charge in [-0.1, -0.05) is 6.07 Å². The molecule has 0 aliphatic heterocycles. The standard InChI is InChI=1S/C24H21N5S/c1-17-5-7-21(28-9-3-4-10-28)11-20(17)12-24-27-22(15-30-24)19-6-8-23(25-13-19)29-14-18(2)26-16-29/h3-11,13-16H,12H2,1-2H3. The highest BCUT2D eigenvalue weighted by molar-refractivity contribution is 7.10. The van der Waals surface area contributed by atoms with Gasteiger partial charge >= 0.3 is 0 Å². The molecular formula is C24H21N5S. The average Bonchev–Trinajstić information content (AvgIpc) is 3.52. The quantitative estimate of drug-likeness (QED) is 0.390. The summed E-state index contributed by atoms with van der Waals surface area (Å²) in [7, 11) is 0. The number of pyridine rings is 1. The van der Waals surface area contributed by atoms with Gasteiger partial charge in [0, 0.05) is 47.8 Å². The second kappa shape index (κ2) is 7.72. The lowest BCUT2D eigenvalue weighted by Gasteiger charge is -2.09. The van der Waals surface area contributed by atoms with E-state index in [0.717, 1.165) is 34.2 Å². The molecule has 1 aromatic carbocycles. The van der Waals surface area contributed by atoms with E-state index < -0.39 is 0 Å². The number of aromatic nitrogens is 5. The summed E-state index contributed by atoms with van der Waals surface area (Å²) < 4.78 is 4.05. The molecule has 148 valence electrons. The summed E-state index contributed by atoms with van der Waals surface area (Å²) in [5.41, 5.74) is 6.72. The number of nitrogens with zero attached hydrogens (tertiary/aromatic N) is 5. The molecule has 0 unspecified atom stereocenters. The molecule has 0 aliphatic carbocycles. The minimum Gasteiger partial charge on any atom is -0.324 e. The predicted molar refractivity (Wildman–Crippen MR) is 121 cm³/mol. The van der Waals surface area contributed by atoms with Gasteiger partial charge in [0.15, 0.2) is 0 Å². The van der Waals surface area contributed by atoms with Crippen molar-refractivity contribution in [3.05, 3.63) is 101 Å². The van der Waals surface area contributed by atoms with Crippen LogP contribution in [0.15, 0.2) is 79.0 Å². The zero-order valence-electron chi connectivity index (χ0n) is 16.9. The number of thiazole rings is 1. The van der Waals surface area contributed by atoms with Gasteiger partial charge in [0.25, 0.3) is 0 Å². The molecule has 5 aromatic rings. The zero-order chi connectivity index (χ0) is 20.5. The Morgan fingerprint density at radius 2 is 1.83 bits per heavy atom. The van der Waals surface area contributed by atoms with E-state index in [-0.39, 0.29) is 0 Å². The third-order valence-corrected chi connectivity index (χ3v) is 6.00. The highest BCUT2D eigenvalue weighted by Gasteiger charge is 2.09. The Hall–Kier alpha value is -3.51. The number of benzene rings is 1. The van der Waals surface area contributed by atoms with E-state index in [4.69, 9.17) is 4.98 Å². The summed E-state index contributed by atoms with van der Waals surface area (Å²) in [6, 6.07) is 14.7. The molecule has 4 aromatic heterocycles. The summed E-state index contributed by atoms with van der Waals surface area (Å²) in [6.45, 7) is 4.13. The number of aryl methyl sites for hydroxylation is 2. The largest absolute Gasteiger partial charge is 0.324 e. The van der Waals surface area contributed by atoms with Crippen LogP contribution in [0, 0.1) is 13.8 Å². The van der Waals surface area contributed by atoms with Crippen molar-refractivity contribution in [2.24, 2.45) is 0 Å². The molecule has 6 heteroatoms. The molecule has 0 bridgehead atoms. The van der Waals surface area contributed by atoms with Gasteiger partial charge in [-0.2, -0.15) is 0 Å². The number of hydrogen-bond acceptors (Lipinski definition) is 4. The molecule has 5 rings (SSSR count). The van der Waals surface area contributed by atoms with Crippen molar-refractivity contribution < 1.29 is 0 Å². The average molecular weight is 412 g/mol. The normalized spacial score (nSPS) is 11.1. The Morgan fingerprint density at radius 3 is 2.57 bits per heavy atom. The molecule has 30 heavy (non-hydrogen) atoms. The van der Waals surface area contributed by atoms with Gasteiger partial charge in [-0.15, -0.1) is 11.3 Å². The van der Waals surface area contributed by atoms with E-state index in [9.17, 15) is 0 Å². The van der Waals surface area contributed by atoms with Gasteiger partial charge in [-0.25, -0.2) is 15.0 Å². The van der Waals surface area contributed by atoms with Gasteiger partial charge in [-0.05, 0) is 61.4 Å². The summed E-state index contributed by atoms with van der Waals surface area (Å²) in [4.78, 5) is 13.7. The predicted octanol–water partition coefficient (Wildman–Crippen LogP) is 5.39. The van der Waals surface area contributed by atoms with Crippen LogP contribution in [0.1, 0.15) is 21.8 Å². The topological polar surface area (TPSA) is 48.5 Å². The first-order valence-electron chi connectivity index (χ1n) is 9.80. The molecule has 0 fully saturated rings. The summed E-state index contributed by atoms with van der Waals surface area (Å²) in [5, 5.41) is 3.21. The van der Waals surface area contributed by atoms with Gasteiger partial charge in [0.05, 0.1) is 16.4 Å². The summed E-state index contributed by atoms with van der Waals surface area (Å²) in [6.07, 6.45) is 10.6. The van der Waals surface area contributed by atoms with Crippen LogP contribution in [0.3, 0.4) is 0 Å². The Morgan fingerprint density at radius 1 is 0.967 bits per heavy atom. The molecule has 0 saturated carbocycles. The van der Waals surface area contributed by atoms with Gasteiger partial charge in [0.2, 0.25) is 0 Å². The maximum atomic E-state index is 4.87. The van der Waals surface area contributed by atoms with Crippen molar-refractivity contribution in [3.63, 3.8) is 0 Å². The first-order valence-corrected chi connectivity index (χ1v) is 10.7. The van der Waals surface area contributed by atoms with Crippen LogP contribution in [-0.2, 0) is 6.42 Å². The van der Waals surface area contributed by atoms with E-state index in [1.165, 1.54) is 16.8 Å². The Bertz CT molecular complexity index is 1280. The third-order valence-electron chi connectivity index (χ3n) is 5.15. The van der Waals surface area contributed by atoms with Crippen molar-refractivity contribution in [2.45, 2.75) is 20.3 Å². The number of hydrogen-bond donors (Lipinski definition) is 0. The fourth-order valence-electron chi connectivity index (χ4n) is 3.44. The molecule has 4 heterocycles. The van der Waals surface area contributed by atoms with Crippen LogP contribution in [0.4, 0.5) is 0 Å². The third kappa shape index (κ3) is 3.69. The van der Waals surface area contributed by atoms with Crippen LogP contribution in [0.25, 0.3) is 22.8 Å². The lowest BCUT2D eigenvalue weighted by atomic mass is 10.1. The molecule has 0 N–H and O–H groups in total. The monoisotopic (exact) mass is 411 g/mol.